The number of benzene rings is 2. The zero-order valence-corrected chi connectivity index (χ0v) is 16.1. The van der Waals surface area contributed by atoms with Crippen LogP contribution in [0.4, 0.5) is 5.69 Å². The van der Waals surface area contributed by atoms with Gasteiger partial charge >= 0.3 is 0 Å². The van der Waals surface area contributed by atoms with Crippen molar-refractivity contribution in [3.8, 4) is 0 Å². The van der Waals surface area contributed by atoms with Crippen LogP contribution in [0, 0.1) is 16.4 Å². The van der Waals surface area contributed by atoms with Crippen LogP contribution >= 0.6 is 22.6 Å². The molecule has 0 heterocycles. The predicted octanol–water partition coefficient (Wildman–Crippen LogP) is 3.99. The normalized spacial score (nSPS) is 11.9. The summed E-state index contributed by atoms with van der Waals surface area (Å²) in [4.78, 5) is 25.1. The summed E-state index contributed by atoms with van der Waals surface area (Å²) < 4.78 is 1.04. The molecule has 0 aliphatic carbocycles. The first-order valence-electron chi connectivity index (χ1n) is 7.81. The Hall–Kier alpha value is -1.89. The summed E-state index contributed by atoms with van der Waals surface area (Å²) in [7, 11) is 0. The minimum absolute atomic E-state index is 0.0271. The lowest BCUT2D eigenvalue weighted by molar-refractivity contribution is -0.118. The minimum Gasteiger partial charge on any atom is -0.340 e. The Morgan fingerprint density at radius 3 is 2.38 bits per heavy atom. The van der Waals surface area contributed by atoms with Crippen molar-refractivity contribution in [3.63, 3.8) is 0 Å². The number of amides is 2. The monoisotopic (exact) mass is 436 g/mol. The van der Waals surface area contributed by atoms with Gasteiger partial charge in [0, 0.05) is 14.8 Å². The van der Waals surface area contributed by atoms with Gasteiger partial charge in [0.25, 0.3) is 5.91 Å². The Bertz CT molecular complexity index is 744. The molecular weight excluding hydrogens is 415 g/mol. The summed E-state index contributed by atoms with van der Waals surface area (Å²) in [6.45, 7) is 5.71. The van der Waals surface area contributed by atoms with Crippen LogP contribution in [-0.4, -0.2) is 17.9 Å². The maximum absolute atomic E-state index is 12.6. The van der Waals surface area contributed by atoms with Crippen LogP contribution in [-0.2, 0) is 4.79 Å². The van der Waals surface area contributed by atoms with Crippen molar-refractivity contribution < 1.29 is 9.59 Å². The number of hydrogen-bond acceptors (Lipinski definition) is 2. The van der Waals surface area contributed by atoms with E-state index in [-0.39, 0.29) is 17.7 Å². The fraction of sp³-hybridized carbons (Fsp3) is 0.263. The maximum atomic E-state index is 12.6. The van der Waals surface area contributed by atoms with Crippen LogP contribution in [0.1, 0.15) is 29.8 Å². The Kier molecular flexibility index (Phi) is 6.36. The Morgan fingerprint density at radius 2 is 1.75 bits per heavy atom. The SMILES string of the molecule is Cc1ccccc1C(=O)NC(C(=O)Nc1cccc(I)c1)C(C)C. The summed E-state index contributed by atoms with van der Waals surface area (Å²) in [6, 6.07) is 14.3. The fourth-order valence-electron chi connectivity index (χ4n) is 2.37. The molecule has 2 aromatic carbocycles. The number of rotatable bonds is 5. The Balaban J connectivity index is 2.13. The van der Waals surface area contributed by atoms with E-state index in [1.807, 2.05) is 63.2 Å². The smallest absolute Gasteiger partial charge is 0.252 e. The minimum atomic E-state index is -0.602. The van der Waals surface area contributed by atoms with E-state index in [1.54, 1.807) is 6.07 Å². The lowest BCUT2D eigenvalue weighted by atomic mass is 10.0. The van der Waals surface area contributed by atoms with E-state index in [9.17, 15) is 9.59 Å². The van der Waals surface area contributed by atoms with Gasteiger partial charge in [-0.05, 0) is 65.3 Å². The van der Waals surface area contributed by atoms with Crippen molar-refractivity contribution in [2.75, 3.05) is 5.32 Å². The van der Waals surface area contributed by atoms with Gasteiger partial charge in [-0.2, -0.15) is 0 Å². The predicted molar refractivity (Wildman–Crippen MR) is 105 cm³/mol. The first-order chi connectivity index (χ1) is 11.4. The molecule has 0 radical (unpaired) electrons. The second-order valence-corrected chi connectivity index (χ2v) is 7.26. The van der Waals surface area contributed by atoms with Crippen molar-refractivity contribution in [1.82, 2.24) is 5.32 Å². The molecule has 0 aliphatic rings. The summed E-state index contributed by atoms with van der Waals surface area (Å²) >= 11 is 2.19. The largest absolute Gasteiger partial charge is 0.340 e. The molecule has 2 amide bonds. The molecule has 0 fully saturated rings. The average molecular weight is 436 g/mol. The molecule has 4 nitrogen and oxygen atoms in total. The van der Waals surface area contributed by atoms with Gasteiger partial charge in [0.1, 0.15) is 6.04 Å². The highest BCUT2D eigenvalue weighted by Gasteiger charge is 2.25. The van der Waals surface area contributed by atoms with E-state index >= 15 is 0 Å². The lowest BCUT2D eigenvalue weighted by Gasteiger charge is -2.22. The van der Waals surface area contributed by atoms with Gasteiger partial charge in [0.05, 0.1) is 0 Å². The van der Waals surface area contributed by atoms with Gasteiger partial charge in [-0.3, -0.25) is 9.59 Å². The molecule has 0 saturated carbocycles. The molecule has 0 aliphatic heterocycles. The molecule has 1 atom stereocenters. The van der Waals surface area contributed by atoms with Crippen molar-refractivity contribution in [3.05, 3.63) is 63.2 Å². The van der Waals surface area contributed by atoms with Gasteiger partial charge in [-0.15, -0.1) is 0 Å². The van der Waals surface area contributed by atoms with E-state index in [2.05, 4.69) is 33.2 Å². The standard InChI is InChI=1S/C19H21IN2O2/c1-12(2)17(19(24)21-15-9-6-8-14(20)11-15)22-18(23)16-10-5-4-7-13(16)3/h4-12,17H,1-3H3,(H,21,24)(H,22,23). The van der Waals surface area contributed by atoms with E-state index in [0.29, 0.717) is 5.56 Å². The van der Waals surface area contributed by atoms with Gasteiger partial charge in [0.2, 0.25) is 5.91 Å². The molecule has 0 spiro atoms. The van der Waals surface area contributed by atoms with Crippen molar-refractivity contribution in [2.24, 2.45) is 5.92 Å². The van der Waals surface area contributed by atoms with E-state index in [1.165, 1.54) is 0 Å². The average Bonchev–Trinajstić information content (AvgIpc) is 2.52. The molecule has 2 N–H and O–H groups in total. The van der Waals surface area contributed by atoms with Crippen molar-refractivity contribution in [2.45, 2.75) is 26.8 Å². The molecule has 2 rings (SSSR count). The second-order valence-electron chi connectivity index (χ2n) is 6.01. The number of nitrogens with one attached hydrogen (secondary N) is 2. The van der Waals surface area contributed by atoms with Crippen LogP contribution in [0.15, 0.2) is 48.5 Å². The van der Waals surface area contributed by atoms with E-state index in [0.717, 1.165) is 14.8 Å². The summed E-state index contributed by atoms with van der Waals surface area (Å²) in [5, 5.41) is 5.73. The van der Waals surface area contributed by atoms with E-state index in [4.69, 9.17) is 0 Å². The van der Waals surface area contributed by atoms with Crippen molar-refractivity contribution in [1.29, 1.82) is 0 Å². The maximum Gasteiger partial charge on any atom is 0.252 e. The molecule has 0 saturated heterocycles. The number of carbonyl (C=O) groups is 2. The molecule has 2 aromatic rings. The zero-order chi connectivity index (χ0) is 17.7. The molecule has 0 bridgehead atoms. The number of carbonyl (C=O) groups excluding carboxylic acids is 2. The Morgan fingerprint density at radius 1 is 1.04 bits per heavy atom. The highest BCUT2D eigenvalue weighted by atomic mass is 127. The topological polar surface area (TPSA) is 58.2 Å². The van der Waals surface area contributed by atoms with Gasteiger partial charge in [-0.25, -0.2) is 0 Å². The molecule has 0 aromatic heterocycles. The molecule has 24 heavy (non-hydrogen) atoms. The first-order valence-corrected chi connectivity index (χ1v) is 8.89. The Labute approximate surface area is 156 Å². The number of anilines is 1. The summed E-state index contributed by atoms with van der Waals surface area (Å²) in [5.74, 6) is -0.473. The fourth-order valence-corrected chi connectivity index (χ4v) is 2.91. The van der Waals surface area contributed by atoms with Gasteiger partial charge in [0.15, 0.2) is 0 Å². The van der Waals surface area contributed by atoms with Crippen LogP contribution in [0.3, 0.4) is 0 Å². The molecule has 1 unspecified atom stereocenters. The van der Waals surface area contributed by atoms with Crippen LogP contribution < -0.4 is 10.6 Å². The van der Waals surface area contributed by atoms with E-state index < -0.39 is 6.04 Å². The molecular formula is C19H21IN2O2. The highest BCUT2D eigenvalue weighted by Crippen LogP contribution is 2.15. The second kappa shape index (κ2) is 8.28. The van der Waals surface area contributed by atoms with Crippen LogP contribution in [0.25, 0.3) is 0 Å². The lowest BCUT2D eigenvalue weighted by Crippen LogP contribution is -2.47. The number of aryl methyl sites for hydroxylation is 1. The summed E-state index contributed by atoms with van der Waals surface area (Å²) in [6.07, 6.45) is 0. The zero-order valence-electron chi connectivity index (χ0n) is 14.0. The molecule has 5 heteroatoms. The van der Waals surface area contributed by atoms with Crippen LogP contribution in [0.2, 0.25) is 0 Å². The number of halogens is 1. The van der Waals surface area contributed by atoms with Crippen LogP contribution in [0.5, 0.6) is 0 Å². The third kappa shape index (κ3) is 4.80. The third-order valence-electron chi connectivity index (χ3n) is 3.72. The quantitative estimate of drug-likeness (QED) is 0.697. The first kappa shape index (κ1) is 18.4. The highest BCUT2D eigenvalue weighted by molar-refractivity contribution is 14.1. The van der Waals surface area contributed by atoms with Gasteiger partial charge < -0.3 is 10.6 Å². The third-order valence-corrected chi connectivity index (χ3v) is 4.39. The molecule has 126 valence electrons. The van der Waals surface area contributed by atoms with Crippen molar-refractivity contribution >= 4 is 40.1 Å². The van der Waals surface area contributed by atoms with Gasteiger partial charge in [-0.1, -0.05) is 38.1 Å². The number of hydrogen-bond donors (Lipinski definition) is 2. The summed E-state index contributed by atoms with van der Waals surface area (Å²) in [5.41, 5.74) is 2.20.